The van der Waals surface area contributed by atoms with Gasteiger partial charge in [0.15, 0.2) is 5.52 Å². The van der Waals surface area contributed by atoms with Crippen LogP contribution in [0, 0.1) is 13.8 Å². The Kier molecular flexibility index (Phi) is 5.66. The predicted molar refractivity (Wildman–Crippen MR) is 102 cm³/mol. The fourth-order valence-corrected chi connectivity index (χ4v) is 3.05. The lowest BCUT2D eigenvalue weighted by Gasteiger charge is -2.07. The highest BCUT2D eigenvalue weighted by atomic mass is 16.5. The van der Waals surface area contributed by atoms with Gasteiger partial charge in [-0.05, 0) is 32.4 Å². The summed E-state index contributed by atoms with van der Waals surface area (Å²) in [4.78, 5) is 24.9. The van der Waals surface area contributed by atoms with Crippen LogP contribution < -0.4 is 10.9 Å². The smallest absolute Gasteiger partial charge is 0.295 e. The number of para-hydroxylation sites is 1. The Labute approximate surface area is 156 Å². The van der Waals surface area contributed by atoms with Gasteiger partial charge >= 0.3 is 0 Å². The molecule has 27 heavy (non-hydrogen) atoms. The minimum Gasteiger partial charge on any atom is -0.385 e. The van der Waals surface area contributed by atoms with Gasteiger partial charge in [0.2, 0.25) is 5.91 Å². The number of carbonyl (C=O) groups excluding carboxylic acids is 1. The van der Waals surface area contributed by atoms with Gasteiger partial charge in [-0.2, -0.15) is 10.2 Å². The fourth-order valence-electron chi connectivity index (χ4n) is 3.05. The summed E-state index contributed by atoms with van der Waals surface area (Å²) in [5.74, 6) is -0.265. The van der Waals surface area contributed by atoms with E-state index in [1.54, 1.807) is 11.8 Å². The molecule has 0 saturated carbocycles. The molecule has 0 unspecified atom stereocenters. The van der Waals surface area contributed by atoms with Gasteiger partial charge in [0, 0.05) is 20.3 Å². The second-order valence-electron chi connectivity index (χ2n) is 6.30. The van der Waals surface area contributed by atoms with E-state index in [4.69, 9.17) is 4.74 Å². The number of hydrogen-bond acceptors (Lipinski definition) is 5. The van der Waals surface area contributed by atoms with Crippen molar-refractivity contribution < 1.29 is 9.53 Å². The second-order valence-corrected chi connectivity index (χ2v) is 6.30. The van der Waals surface area contributed by atoms with E-state index in [9.17, 15) is 9.59 Å². The van der Waals surface area contributed by atoms with Crippen molar-refractivity contribution in [2.75, 3.05) is 20.3 Å². The van der Waals surface area contributed by atoms with E-state index >= 15 is 0 Å². The topological polar surface area (TPSA) is 91.0 Å². The number of rotatable bonds is 7. The van der Waals surface area contributed by atoms with Crippen molar-refractivity contribution in [2.45, 2.75) is 26.8 Å². The van der Waals surface area contributed by atoms with Crippen LogP contribution in [0.5, 0.6) is 0 Å². The van der Waals surface area contributed by atoms with Crippen LogP contribution in [0.2, 0.25) is 0 Å². The number of ether oxygens (including phenoxy) is 1. The number of aryl methyl sites for hydroxylation is 2. The van der Waals surface area contributed by atoms with Gasteiger partial charge in [0.1, 0.15) is 6.54 Å². The molecule has 8 heteroatoms. The number of benzene rings is 1. The highest BCUT2D eigenvalue weighted by Crippen LogP contribution is 2.20. The van der Waals surface area contributed by atoms with Gasteiger partial charge in [-0.15, -0.1) is 0 Å². The lowest BCUT2D eigenvalue weighted by atomic mass is 10.2. The zero-order chi connectivity index (χ0) is 19.4. The molecule has 0 aliphatic rings. The van der Waals surface area contributed by atoms with Crippen molar-refractivity contribution in [3.63, 3.8) is 0 Å². The third-order valence-corrected chi connectivity index (χ3v) is 4.33. The molecular formula is C19H23N5O3. The Balaban J connectivity index is 1.92. The zero-order valence-corrected chi connectivity index (χ0v) is 15.7. The Hall–Kier alpha value is -3.00. The standard InChI is InChI=1S/C19H23N5O3/c1-13-17-14(2)24(15-8-5-4-6-9-15)22-18(17)19(26)23(21-13)12-16(25)20-10-7-11-27-3/h4-6,8-9H,7,10-12H2,1-3H3,(H,20,25). The number of aromatic nitrogens is 4. The van der Waals surface area contributed by atoms with Crippen molar-refractivity contribution in [3.8, 4) is 5.69 Å². The van der Waals surface area contributed by atoms with E-state index in [1.807, 2.05) is 44.2 Å². The lowest BCUT2D eigenvalue weighted by Crippen LogP contribution is -2.34. The molecule has 3 rings (SSSR count). The summed E-state index contributed by atoms with van der Waals surface area (Å²) < 4.78 is 7.85. The first kappa shape index (κ1) is 18.8. The van der Waals surface area contributed by atoms with E-state index in [0.717, 1.165) is 16.8 Å². The monoisotopic (exact) mass is 369 g/mol. The van der Waals surface area contributed by atoms with Gasteiger partial charge in [0.05, 0.1) is 22.5 Å². The first-order chi connectivity index (χ1) is 13.0. The van der Waals surface area contributed by atoms with Gasteiger partial charge in [-0.3, -0.25) is 9.59 Å². The minimum atomic E-state index is -0.375. The average molecular weight is 369 g/mol. The van der Waals surface area contributed by atoms with Crippen LogP contribution in [0.25, 0.3) is 16.6 Å². The number of nitrogens with one attached hydrogen (secondary N) is 1. The van der Waals surface area contributed by atoms with Gasteiger partial charge in [-0.1, -0.05) is 18.2 Å². The molecule has 1 aromatic carbocycles. The molecule has 8 nitrogen and oxygen atoms in total. The Morgan fingerprint density at radius 3 is 2.63 bits per heavy atom. The van der Waals surface area contributed by atoms with E-state index in [-0.39, 0.29) is 18.0 Å². The number of amides is 1. The fraction of sp³-hybridized carbons (Fsp3) is 0.368. The molecule has 2 heterocycles. The number of carbonyl (C=O) groups is 1. The molecule has 0 atom stereocenters. The van der Waals surface area contributed by atoms with Crippen LogP contribution >= 0.6 is 0 Å². The van der Waals surface area contributed by atoms with Gasteiger partial charge < -0.3 is 10.1 Å². The Morgan fingerprint density at radius 1 is 1.19 bits per heavy atom. The van der Waals surface area contributed by atoms with E-state index in [2.05, 4.69) is 15.5 Å². The molecule has 0 saturated heterocycles. The SMILES string of the molecule is COCCCNC(=O)Cn1nc(C)c2c(C)n(-c3ccccc3)nc2c1=O. The van der Waals surface area contributed by atoms with Crippen LogP contribution in [-0.4, -0.2) is 45.7 Å². The molecule has 0 fully saturated rings. The van der Waals surface area contributed by atoms with Gasteiger partial charge in [0.25, 0.3) is 5.56 Å². The lowest BCUT2D eigenvalue weighted by molar-refractivity contribution is -0.121. The van der Waals surface area contributed by atoms with Crippen molar-refractivity contribution >= 4 is 16.8 Å². The van der Waals surface area contributed by atoms with Crippen LogP contribution in [0.4, 0.5) is 0 Å². The summed E-state index contributed by atoms with van der Waals surface area (Å²) in [5.41, 5.74) is 2.31. The van der Waals surface area contributed by atoms with Crippen LogP contribution in [0.1, 0.15) is 17.8 Å². The molecule has 0 radical (unpaired) electrons. The minimum absolute atomic E-state index is 0.139. The second kappa shape index (κ2) is 8.13. The molecule has 142 valence electrons. The maximum absolute atomic E-state index is 12.8. The van der Waals surface area contributed by atoms with Crippen LogP contribution in [0.15, 0.2) is 35.1 Å². The third kappa shape index (κ3) is 3.90. The molecule has 0 spiro atoms. The molecular weight excluding hydrogens is 346 g/mol. The van der Waals surface area contributed by atoms with Gasteiger partial charge in [-0.25, -0.2) is 9.36 Å². The average Bonchev–Trinajstić information content (AvgIpc) is 3.02. The number of fused-ring (bicyclic) bond motifs is 1. The maximum atomic E-state index is 12.8. The summed E-state index contributed by atoms with van der Waals surface area (Å²) in [6, 6.07) is 9.60. The molecule has 2 aromatic heterocycles. The molecule has 3 aromatic rings. The highest BCUT2D eigenvalue weighted by Gasteiger charge is 2.18. The number of nitrogens with zero attached hydrogens (tertiary/aromatic N) is 4. The van der Waals surface area contributed by atoms with E-state index < -0.39 is 0 Å². The summed E-state index contributed by atoms with van der Waals surface area (Å²) in [7, 11) is 1.61. The van der Waals surface area contributed by atoms with E-state index in [1.165, 1.54) is 4.68 Å². The summed E-state index contributed by atoms with van der Waals surface area (Å²) >= 11 is 0. The molecule has 1 N–H and O–H groups in total. The first-order valence-corrected chi connectivity index (χ1v) is 8.81. The zero-order valence-electron chi connectivity index (χ0n) is 15.7. The number of methoxy groups -OCH3 is 1. The predicted octanol–water partition coefficient (Wildman–Crippen LogP) is 1.35. The third-order valence-electron chi connectivity index (χ3n) is 4.33. The quantitative estimate of drug-likeness (QED) is 0.635. The largest absolute Gasteiger partial charge is 0.385 e. The summed E-state index contributed by atoms with van der Waals surface area (Å²) in [6.07, 6.45) is 0.712. The van der Waals surface area contributed by atoms with Crippen LogP contribution in [-0.2, 0) is 16.1 Å². The summed E-state index contributed by atoms with van der Waals surface area (Å²) in [6.45, 7) is 4.64. The van der Waals surface area contributed by atoms with Crippen molar-refractivity contribution in [2.24, 2.45) is 0 Å². The first-order valence-electron chi connectivity index (χ1n) is 8.81. The normalized spacial score (nSPS) is 11.1. The molecule has 0 bridgehead atoms. The Bertz CT molecular complexity index is 1010. The Morgan fingerprint density at radius 2 is 1.93 bits per heavy atom. The summed E-state index contributed by atoms with van der Waals surface area (Å²) in [5, 5.41) is 12.3. The molecule has 0 aliphatic heterocycles. The van der Waals surface area contributed by atoms with Crippen molar-refractivity contribution in [1.82, 2.24) is 24.9 Å². The maximum Gasteiger partial charge on any atom is 0.295 e. The van der Waals surface area contributed by atoms with E-state index in [0.29, 0.717) is 30.8 Å². The van der Waals surface area contributed by atoms with Crippen molar-refractivity contribution in [1.29, 1.82) is 0 Å². The van der Waals surface area contributed by atoms with Crippen LogP contribution in [0.3, 0.4) is 0 Å². The van der Waals surface area contributed by atoms with Crippen molar-refractivity contribution in [3.05, 3.63) is 52.1 Å². The highest BCUT2D eigenvalue weighted by molar-refractivity contribution is 5.83. The molecule has 1 amide bonds. The molecule has 0 aliphatic carbocycles. The number of hydrogen-bond donors (Lipinski definition) is 1.